The number of hydrogen-bond acceptors (Lipinski definition) is 2. The van der Waals surface area contributed by atoms with Crippen LogP contribution in [0.2, 0.25) is 0 Å². The molecule has 0 bridgehead atoms. The molecule has 30 heavy (non-hydrogen) atoms. The van der Waals surface area contributed by atoms with Gasteiger partial charge in [-0.25, -0.2) is 4.39 Å². The van der Waals surface area contributed by atoms with E-state index in [1.54, 1.807) is 12.1 Å². The fourth-order valence-corrected chi connectivity index (χ4v) is 4.08. The molecule has 0 radical (unpaired) electrons. The number of benzene rings is 3. The largest absolute Gasteiger partial charge is 0.484 e. The van der Waals surface area contributed by atoms with Gasteiger partial charge in [0.15, 0.2) is 6.61 Å². The van der Waals surface area contributed by atoms with Crippen molar-refractivity contribution in [1.29, 1.82) is 0 Å². The van der Waals surface area contributed by atoms with Crippen molar-refractivity contribution in [2.24, 2.45) is 0 Å². The highest BCUT2D eigenvalue weighted by atomic mass is 19.1. The second-order valence-electron chi connectivity index (χ2n) is 7.54. The van der Waals surface area contributed by atoms with Gasteiger partial charge in [0.25, 0.3) is 5.91 Å². The number of ether oxygens (including phenoxy) is 1. The van der Waals surface area contributed by atoms with Gasteiger partial charge in [-0.1, -0.05) is 66.7 Å². The molecule has 1 aliphatic heterocycles. The fourth-order valence-electron chi connectivity index (χ4n) is 4.08. The van der Waals surface area contributed by atoms with Gasteiger partial charge in [-0.3, -0.25) is 4.79 Å². The number of nitrogens with one attached hydrogen (secondary N) is 1. The predicted molar refractivity (Wildman–Crippen MR) is 114 cm³/mol. The summed E-state index contributed by atoms with van der Waals surface area (Å²) in [5.74, 6) is -0.0554. The highest BCUT2D eigenvalue weighted by Crippen LogP contribution is 2.19. The van der Waals surface area contributed by atoms with Crippen molar-refractivity contribution in [3.63, 3.8) is 0 Å². The Kier molecular flexibility index (Phi) is 6.40. The average Bonchev–Trinajstić information content (AvgIpc) is 2.80. The summed E-state index contributed by atoms with van der Waals surface area (Å²) in [6.07, 6.45) is 0. The van der Waals surface area contributed by atoms with Crippen LogP contribution in [-0.2, 0) is 4.79 Å². The van der Waals surface area contributed by atoms with Crippen LogP contribution < -0.4 is 9.64 Å². The number of quaternary nitrogens is 1. The Morgan fingerprint density at radius 3 is 2.07 bits per heavy atom. The molecule has 0 aliphatic carbocycles. The molecule has 1 fully saturated rings. The predicted octanol–water partition coefficient (Wildman–Crippen LogP) is 2.72. The third kappa shape index (κ3) is 4.86. The van der Waals surface area contributed by atoms with Gasteiger partial charge < -0.3 is 14.5 Å². The Labute approximate surface area is 176 Å². The number of piperazine rings is 1. The lowest BCUT2D eigenvalue weighted by Crippen LogP contribution is -3.15. The Hall–Kier alpha value is -3.18. The van der Waals surface area contributed by atoms with Crippen LogP contribution in [0.3, 0.4) is 0 Å². The number of amides is 1. The molecule has 1 aliphatic rings. The number of halogens is 1. The lowest BCUT2D eigenvalue weighted by Gasteiger charge is -2.37. The van der Waals surface area contributed by atoms with Gasteiger partial charge in [0.1, 0.15) is 17.6 Å². The molecule has 4 nitrogen and oxygen atoms in total. The van der Waals surface area contributed by atoms with E-state index in [-0.39, 0.29) is 24.4 Å². The van der Waals surface area contributed by atoms with E-state index >= 15 is 0 Å². The Morgan fingerprint density at radius 1 is 0.900 bits per heavy atom. The minimum absolute atomic E-state index is 0.0608. The van der Waals surface area contributed by atoms with Crippen LogP contribution in [0.4, 0.5) is 4.39 Å². The molecule has 3 aromatic rings. The summed E-state index contributed by atoms with van der Waals surface area (Å²) in [6, 6.07) is 27.2. The van der Waals surface area contributed by atoms with Gasteiger partial charge >= 0.3 is 0 Å². The summed E-state index contributed by atoms with van der Waals surface area (Å²) in [5, 5.41) is 0. The molecule has 0 spiro atoms. The summed E-state index contributed by atoms with van der Waals surface area (Å²) in [6.45, 7) is 3.01. The summed E-state index contributed by atoms with van der Waals surface area (Å²) in [5.41, 5.74) is 2.57. The Balaban J connectivity index is 1.39. The third-order valence-electron chi connectivity index (χ3n) is 5.59. The second kappa shape index (κ2) is 9.55. The normalized spacial score (nSPS) is 14.7. The van der Waals surface area contributed by atoms with Gasteiger partial charge in [-0.05, 0) is 12.1 Å². The highest BCUT2D eigenvalue weighted by Gasteiger charge is 2.31. The molecule has 0 aromatic heterocycles. The van der Waals surface area contributed by atoms with E-state index in [0.717, 1.165) is 13.1 Å². The average molecular weight is 405 g/mol. The first-order chi connectivity index (χ1) is 14.7. The van der Waals surface area contributed by atoms with Crippen LogP contribution in [0.1, 0.15) is 17.2 Å². The quantitative estimate of drug-likeness (QED) is 0.684. The topological polar surface area (TPSA) is 34.0 Å². The maximum absolute atomic E-state index is 13.3. The molecule has 1 heterocycles. The first-order valence-electron chi connectivity index (χ1n) is 10.3. The summed E-state index contributed by atoms with van der Waals surface area (Å²) < 4.78 is 18.7. The van der Waals surface area contributed by atoms with Gasteiger partial charge in [-0.15, -0.1) is 0 Å². The molecular formula is C25H26FN2O2+. The highest BCUT2D eigenvalue weighted by molar-refractivity contribution is 5.77. The summed E-state index contributed by atoms with van der Waals surface area (Å²) in [7, 11) is 0. The number of nitrogens with zero attached hydrogens (tertiary/aromatic N) is 1. The molecule has 0 atom stereocenters. The van der Waals surface area contributed by atoms with Crippen molar-refractivity contribution >= 4 is 5.91 Å². The monoisotopic (exact) mass is 405 g/mol. The van der Waals surface area contributed by atoms with Crippen LogP contribution in [0.25, 0.3) is 0 Å². The first kappa shape index (κ1) is 20.1. The molecule has 1 N–H and O–H groups in total. The van der Waals surface area contributed by atoms with Crippen LogP contribution >= 0.6 is 0 Å². The van der Waals surface area contributed by atoms with Crippen molar-refractivity contribution in [1.82, 2.24) is 4.90 Å². The van der Waals surface area contributed by atoms with E-state index in [1.165, 1.54) is 28.2 Å². The standard InChI is InChI=1S/C25H25FN2O2/c26-22-12-7-13-23(18-22)30-19-24(29)27-14-16-28(17-15-27)25(20-8-3-1-4-9-20)21-10-5-2-6-11-21/h1-13,18,25H,14-17,19H2/p+1. The molecule has 0 saturated carbocycles. The van der Waals surface area contributed by atoms with Crippen molar-refractivity contribution in [2.45, 2.75) is 6.04 Å². The zero-order chi connectivity index (χ0) is 20.8. The number of hydrogen-bond donors (Lipinski definition) is 1. The fraction of sp³-hybridized carbons (Fsp3) is 0.240. The van der Waals surface area contributed by atoms with E-state index in [1.807, 2.05) is 17.0 Å². The number of rotatable bonds is 6. The number of carbonyl (C=O) groups is 1. The second-order valence-corrected chi connectivity index (χ2v) is 7.54. The molecule has 4 rings (SSSR count). The lowest BCUT2D eigenvalue weighted by atomic mass is 9.96. The SMILES string of the molecule is O=C(COc1cccc(F)c1)N1CC[NH+](C(c2ccccc2)c2ccccc2)CC1. The molecular weight excluding hydrogens is 379 g/mol. The maximum atomic E-state index is 13.3. The van der Waals surface area contributed by atoms with E-state index in [4.69, 9.17) is 4.74 Å². The van der Waals surface area contributed by atoms with Crippen LogP contribution in [0.15, 0.2) is 84.9 Å². The van der Waals surface area contributed by atoms with Gasteiger partial charge in [0.05, 0.1) is 26.2 Å². The molecule has 154 valence electrons. The first-order valence-corrected chi connectivity index (χ1v) is 10.3. The van der Waals surface area contributed by atoms with Crippen LogP contribution in [0, 0.1) is 5.82 Å². The van der Waals surface area contributed by atoms with Gasteiger partial charge in [-0.2, -0.15) is 0 Å². The van der Waals surface area contributed by atoms with Gasteiger partial charge in [0, 0.05) is 17.2 Å². The van der Waals surface area contributed by atoms with Crippen molar-refractivity contribution < 1.29 is 18.8 Å². The number of carbonyl (C=O) groups excluding carboxylic acids is 1. The van der Waals surface area contributed by atoms with Crippen molar-refractivity contribution in [2.75, 3.05) is 32.8 Å². The molecule has 1 amide bonds. The maximum Gasteiger partial charge on any atom is 0.260 e. The smallest absolute Gasteiger partial charge is 0.260 e. The Bertz CT molecular complexity index is 918. The van der Waals surface area contributed by atoms with Crippen LogP contribution in [0.5, 0.6) is 5.75 Å². The minimum Gasteiger partial charge on any atom is -0.484 e. The minimum atomic E-state index is -0.370. The van der Waals surface area contributed by atoms with Crippen molar-refractivity contribution in [3.05, 3.63) is 102 Å². The van der Waals surface area contributed by atoms with E-state index < -0.39 is 0 Å². The van der Waals surface area contributed by atoms with Crippen molar-refractivity contribution in [3.8, 4) is 5.75 Å². The van der Waals surface area contributed by atoms with E-state index in [2.05, 4.69) is 48.5 Å². The Morgan fingerprint density at radius 2 is 1.50 bits per heavy atom. The van der Waals surface area contributed by atoms with E-state index in [0.29, 0.717) is 18.8 Å². The molecule has 5 heteroatoms. The zero-order valence-electron chi connectivity index (χ0n) is 16.8. The third-order valence-corrected chi connectivity index (χ3v) is 5.59. The molecule has 3 aromatic carbocycles. The lowest BCUT2D eigenvalue weighted by molar-refractivity contribution is -0.929. The van der Waals surface area contributed by atoms with Gasteiger partial charge in [0.2, 0.25) is 0 Å². The van der Waals surface area contributed by atoms with E-state index in [9.17, 15) is 9.18 Å². The molecule has 1 saturated heterocycles. The zero-order valence-corrected chi connectivity index (χ0v) is 16.8. The summed E-state index contributed by atoms with van der Waals surface area (Å²) in [4.78, 5) is 15.9. The van der Waals surface area contributed by atoms with Crippen LogP contribution in [-0.4, -0.2) is 43.6 Å². The molecule has 0 unspecified atom stereocenters. The summed E-state index contributed by atoms with van der Waals surface area (Å²) >= 11 is 0.